The van der Waals surface area contributed by atoms with Gasteiger partial charge in [-0.2, -0.15) is 0 Å². The number of aryl methyl sites for hydroxylation is 2. The minimum atomic E-state index is -0.936. The molecular formula is C19H22N2O3S. The van der Waals surface area contributed by atoms with Gasteiger partial charge in [0.15, 0.2) is 10.7 Å². The summed E-state index contributed by atoms with van der Waals surface area (Å²) in [6.45, 7) is 6.77. The third-order valence-electron chi connectivity index (χ3n) is 4.08. The maximum atomic E-state index is 11.8. The van der Waals surface area contributed by atoms with E-state index >= 15 is 0 Å². The number of carbonyl (C=O) groups is 1. The Morgan fingerprint density at radius 2 is 1.92 bits per heavy atom. The van der Waals surface area contributed by atoms with Crippen LogP contribution >= 0.6 is 11.3 Å². The van der Waals surface area contributed by atoms with Gasteiger partial charge in [0.05, 0.1) is 18.0 Å². The van der Waals surface area contributed by atoms with Gasteiger partial charge in [-0.05, 0) is 49.1 Å². The number of nitrogens with zero attached hydrogens (tertiary/aromatic N) is 2. The summed E-state index contributed by atoms with van der Waals surface area (Å²) in [7, 11) is 0. The Hall–Kier alpha value is -2.34. The molecule has 0 aliphatic carbocycles. The third kappa shape index (κ3) is 3.14. The summed E-state index contributed by atoms with van der Waals surface area (Å²) in [5.74, 6) is -0.109. The molecule has 3 aromatic rings. The lowest BCUT2D eigenvalue weighted by Gasteiger charge is -2.08. The van der Waals surface area contributed by atoms with Crippen LogP contribution in [-0.4, -0.2) is 27.1 Å². The Balaban J connectivity index is 2.16. The third-order valence-corrected chi connectivity index (χ3v) is 5.27. The molecule has 0 saturated carbocycles. The second-order valence-electron chi connectivity index (χ2n) is 5.78. The molecule has 0 radical (unpaired) electrons. The van der Waals surface area contributed by atoms with E-state index in [9.17, 15) is 9.90 Å². The van der Waals surface area contributed by atoms with E-state index in [0.717, 1.165) is 39.7 Å². The molecule has 0 atom stereocenters. The zero-order chi connectivity index (χ0) is 18.0. The SMILES string of the molecule is CCCOc1ccc(-c2c(CC)sc3nc(CC)c(C(=O)O)n23)cc1. The summed E-state index contributed by atoms with van der Waals surface area (Å²) in [4.78, 5) is 18.3. The lowest BCUT2D eigenvalue weighted by atomic mass is 10.1. The number of aromatic nitrogens is 2. The Bertz CT molecular complexity index is 894. The molecule has 0 aliphatic rings. The van der Waals surface area contributed by atoms with E-state index in [2.05, 4.69) is 18.8 Å². The Morgan fingerprint density at radius 3 is 2.48 bits per heavy atom. The standard InChI is InChI=1S/C19H22N2O3S/c1-4-11-24-13-9-7-12(8-10-13)16-15(6-3)25-19-20-14(5-2)17(18(22)23)21(16)19/h7-10H,4-6,11H2,1-3H3,(H,22,23). The van der Waals surface area contributed by atoms with Crippen LogP contribution < -0.4 is 4.74 Å². The van der Waals surface area contributed by atoms with Gasteiger partial charge in [-0.15, -0.1) is 11.3 Å². The lowest BCUT2D eigenvalue weighted by molar-refractivity contribution is 0.0688. The highest BCUT2D eigenvalue weighted by molar-refractivity contribution is 7.17. The highest BCUT2D eigenvalue weighted by atomic mass is 32.1. The van der Waals surface area contributed by atoms with E-state index in [1.807, 2.05) is 31.2 Å². The quantitative estimate of drug-likeness (QED) is 0.666. The van der Waals surface area contributed by atoms with E-state index in [-0.39, 0.29) is 5.69 Å². The predicted molar refractivity (Wildman–Crippen MR) is 100 cm³/mol. The molecule has 2 aromatic heterocycles. The topological polar surface area (TPSA) is 63.8 Å². The summed E-state index contributed by atoms with van der Waals surface area (Å²) in [5.41, 5.74) is 2.81. The Labute approximate surface area is 150 Å². The molecule has 0 unspecified atom stereocenters. The fraction of sp³-hybridized carbons (Fsp3) is 0.368. The van der Waals surface area contributed by atoms with E-state index in [1.165, 1.54) is 0 Å². The normalized spacial score (nSPS) is 11.2. The van der Waals surface area contributed by atoms with Crippen LogP contribution in [0.4, 0.5) is 0 Å². The fourth-order valence-corrected chi connectivity index (χ4v) is 4.03. The van der Waals surface area contributed by atoms with Crippen LogP contribution in [-0.2, 0) is 12.8 Å². The molecule has 5 nitrogen and oxygen atoms in total. The molecule has 1 N–H and O–H groups in total. The van der Waals surface area contributed by atoms with Gasteiger partial charge >= 0.3 is 5.97 Å². The summed E-state index contributed by atoms with van der Waals surface area (Å²) < 4.78 is 7.44. The van der Waals surface area contributed by atoms with Crippen LogP contribution in [0, 0.1) is 0 Å². The first-order valence-electron chi connectivity index (χ1n) is 8.60. The van der Waals surface area contributed by atoms with Crippen LogP contribution in [0.3, 0.4) is 0 Å². The zero-order valence-corrected chi connectivity index (χ0v) is 15.5. The van der Waals surface area contributed by atoms with Crippen molar-refractivity contribution in [2.45, 2.75) is 40.0 Å². The number of rotatable bonds is 7. The predicted octanol–water partition coefficient (Wildman–Crippen LogP) is 4.67. The molecule has 2 heterocycles. The van der Waals surface area contributed by atoms with Crippen molar-refractivity contribution in [1.29, 1.82) is 0 Å². The molecule has 0 spiro atoms. The average Bonchev–Trinajstić information content (AvgIpc) is 3.15. The molecule has 3 rings (SSSR count). The largest absolute Gasteiger partial charge is 0.494 e. The van der Waals surface area contributed by atoms with Gasteiger partial charge in [-0.3, -0.25) is 4.40 Å². The smallest absolute Gasteiger partial charge is 0.354 e. The van der Waals surface area contributed by atoms with Crippen LogP contribution in [0.5, 0.6) is 5.75 Å². The molecule has 132 valence electrons. The molecular weight excluding hydrogens is 336 g/mol. The number of ether oxygens (including phenoxy) is 1. The van der Waals surface area contributed by atoms with E-state index in [4.69, 9.17) is 4.74 Å². The number of hydrogen-bond acceptors (Lipinski definition) is 4. The number of aromatic carboxylic acids is 1. The van der Waals surface area contributed by atoms with Gasteiger partial charge in [0, 0.05) is 4.88 Å². The molecule has 0 fully saturated rings. The second-order valence-corrected chi connectivity index (χ2v) is 6.85. The number of carboxylic acid groups (broad SMARTS) is 1. The van der Waals surface area contributed by atoms with Crippen LogP contribution in [0.2, 0.25) is 0 Å². The van der Waals surface area contributed by atoms with Crippen molar-refractivity contribution in [2.75, 3.05) is 6.61 Å². The van der Waals surface area contributed by atoms with Gasteiger partial charge in [0.25, 0.3) is 0 Å². The van der Waals surface area contributed by atoms with Gasteiger partial charge < -0.3 is 9.84 Å². The highest BCUT2D eigenvalue weighted by Gasteiger charge is 2.24. The number of fused-ring (bicyclic) bond motifs is 1. The van der Waals surface area contributed by atoms with Gasteiger partial charge in [0.2, 0.25) is 0 Å². The van der Waals surface area contributed by atoms with Crippen molar-refractivity contribution >= 4 is 22.3 Å². The molecule has 25 heavy (non-hydrogen) atoms. The molecule has 1 aromatic carbocycles. The molecule has 6 heteroatoms. The fourth-order valence-electron chi connectivity index (χ4n) is 2.93. The van der Waals surface area contributed by atoms with Crippen LogP contribution in [0.25, 0.3) is 16.2 Å². The van der Waals surface area contributed by atoms with E-state index < -0.39 is 5.97 Å². The highest BCUT2D eigenvalue weighted by Crippen LogP contribution is 2.35. The number of carboxylic acids is 1. The maximum absolute atomic E-state index is 11.8. The van der Waals surface area contributed by atoms with Crippen molar-refractivity contribution in [3.63, 3.8) is 0 Å². The summed E-state index contributed by atoms with van der Waals surface area (Å²) >= 11 is 1.56. The van der Waals surface area contributed by atoms with Crippen molar-refractivity contribution in [2.24, 2.45) is 0 Å². The van der Waals surface area contributed by atoms with Crippen molar-refractivity contribution in [1.82, 2.24) is 9.38 Å². The minimum Gasteiger partial charge on any atom is -0.494 e. The molecule has 0 saturated heterocycles. The summed E-state index contributed by atoms with van der Waals surface area (Å²) in [5, 5.41) is 9.70. The first-order chi connectivity index (χ1) is 12.1. The number of imidazole rings is 1. The number of hydrogen-bond donors (Lipinski definition) is 1. The average molecular weight is 358 g/mol. The minimum absolute atomic E-state index is 0.273. The van der Waals surface area contributed by atoms with Crippen LogP contribution in [0.1, 0.15) is 48.3 Å². The Morgan fingerprint density at radius 1 is 1.20 bits per heavy atom. The van der Waals surface area contributed by atoms with E-state index in [1.54, 1.807) is 15.7 Å². The second kappa shape index (κ2) is 7.27. The van der Waals surface area contributed by atoms with Crippen molar-refractivity contribution < 1.29 is 14.6 Å². The van der Waals surface area contributed by atoms with E-state index in [0.29, 0.717) is 18.7 Å². The first-order valence-corrected chi connectivity index (χ1v) is 9.41. The van der Waals surface area contributed by atoms with Crippen molar-refractivity contribution in [3.05, 3.63) is 40.5 Å². The van der Waals surface area contributed by atoms with Crippen LogP contribution in [0.15, 0.2) is 24.3 Å². The zero-order valence-electron chi connectivity index (χ0n) is 14.7. The van der Waals surface area contributed by atoms with Gasteiger partial charge in [0.1, 0.15) is 5.75 Å². The lowest BCUT2D eigenvalue weighted by Crippen LogP contribution is -2.06. The summed E-state index contributed by atoms with van der Waals surface area (Å²) in [6.07, 6.45) is 2.39. The van der Waals surface area contributed by atoms with Gasteiger partial charge in [-0.1, -0.05) is 20.8 Å². The molecule has 0 amide bonds. The Kier molecular flexibility index (Phi) is 5.08. The first kappa shape index (κ1) is 17.5. The number of thiazole rings is 1. The maximum Gasteiger partial charge on any atom is 0.354 e. The molecule has 0 aliphatic heterocycles. The monoisotopic (exact) mass is 358 g/mol. The van der Waals surface area contributed by atoms with Gasteiger partial charge in [-0.25, -0.2) is 9.78 Å². The molecule has 0 bridgehead atoms. The number of benzene rings is 1. The summed E-state index contributed by atoms with van der Waals surface area (Å²) in [6, 6.07) is 7.85. The van der Waals surface area contributed by atoms with Crippen molar-refractivity contribution in [3.8, 4) is 17.0 Å².